The molecule has 2 aliphatic rings. The molecular weight excluding hydrogens is 270 g/mol. The van der Waals surface area contributed by atoms with Gasteiger partial charge in [0, 0.05) is 13.1 Å². The van der Waals surface area contributed by atoms with Crippen LogP contribution in [0.2, 0.25) is 0 Å². The van der Waals surface area contributed by atoms with Crippen LogP contribution < -0.4 is 0 Å². The molecule has 0 saturated carbocycles. The fourth-order valence-electron chi connectivity index (χ4n) is 3.66. The first kappa shape index (κ1) is 14.1. The van der Waals surface area contributed by atoms with E-state index < -0.39 is 10.0 Å². The molecule has 0 radical (unpaired) electrons. The van der Waals surface area contributed by atoms with Gasteiger partial charge in [-0.1, -0.05) is 19.9 Å². The van der Waals surface area contributed by atoms with Crippen LogP contribution in [0.15, 0.2) is 23.1 Å². The van der Waals surface area contributed by atoms with Gasteiger partial charge in [0.05, 0.1) is 4.90 Å². The van der Waals surface area contributed by atoms with E-state index in [9.17, 15) is 8.42 Å². The topological polar surface area (TPSA) is 37.4 Å². The SMILES string of the molecule is C[C@@H]1C[C@@H](C)CN(S(=O)(=O)c2ccc3c(c2)CCC3)C1. The molecule has 3 nitrogen and oxygen atoms in total. The third-order valence-corrected chi connectivity index (χ3v) is 6.37. The van der Waals surface area contributed by atoms with Crippen LogP contribution >= 0.6 is 0 Å². The molecule has 0 aromatic heterocycles. The van der Waals surface area contributed by atoms with Crippen LogP contribution in [0.3, 0.4) is 0 Å². The molecule has 0 N–H and O–H groups in total. The van der Waals surface area contributed by atoms with Gasteiger partial charge in [-0.25, -0.2) is 8.42 Å². The smallest absolute Gasteiger partial charge is 0.207 e. The molecular formula is C16H23NO2S. The number of piperidine rings is 1. The Morgan fingerprint density at radius 1 is 1.05 bits per heavy atom. The van der Waals surface area contributed by atoms with Crippen LogP contribution in [0.5, 0.6) is 0 Å². The summed E-state index contributed by atoms with van der Waals surface area (Å²) in [6, 6.07) is 5.71. The number of benzene rings is 1. The molecule has 1 aromatic carbocycles. The van der Waals surface area contributed by atoms with Crippen molar-refractivity contribution >= 4 is 10.0 Å². The third kappa shape index (κ3) is 2.51. The number of rotatable bonds is 2. The lowest BCUT2D eigenvalue weighted by Gasteiger charge is -2.34. The second-order valence-electron chi connectivity index (χ2n) is 6.55. The number of hydrogen-bond donors (Lipinski definition) is 0. The van der Waals surface area contributed by atoms with Gasteiger partial charge in [-0.15, -0.1) is 0 Å². The molecule has 1 aliphatic heterocycles. The summed E-state index contributed by atoms with van der Waals surface area (Å²) in [5.74, 6) is 0.894. The van der Waals surface area contributed by atoms with E-state index in [0.717, 1.165) is 25.7 Å². The van der Waals surface area contributed by atoms with Crippen LogP contribution in [0.25, 0.3) is 0 Å². The maximum atomic E-state index is 12.8. The summed E-state index contributed by atoms with van der Waals surface area (Å²) in [5.41, 5.74) is 2.55. The van der Waals surface area contributed by atoms with E-state index in [0.29, 0.717) is 29.8 Å². The summed E-state index contributed by atoms with van der Waals surface area (Å²) in [4.78, 5) is 0.486. The molecule has 2 atom stereocenters. The summed E-state index contributed by atoms with van der Waals surface area (Å²) >= 11 is 0. The number of fused-ring (bicyclic) bond motifs is 1. The second-order valence-corrected chi connectivity index (χ2v) is 8.49. The van der Waals surface area contributed by atoms with Crippen molar-refractivity contribution in [3.63, 3.8) is 0 Å². The summed E-state index contributed by atoms with van der Waals surface area (Å²) in [6.45, 7) is 5.59. The van der Waals surface area contributed by atoms with Crippen LogP contribution in [-0.4, -0.2) is 25.8 Å². The number of aryl methyl sites for hydroxylation is 2. The highest BCUT2D eigenvalue weighted by molar-refractivity contribution is 7.89. The minimum absolute atomic E-state index is 0.447. The molecule has 1 heterocycles. The van der Waals surface area contributed by atoms with Crippen molar-refractivity contribution in [2.24, 2.45) is 11.8 Å². The average molecular weight is 293 g/mol. The Morgan fingerprint density at radius 2 is 1.70 bits per heavy atom. The molecule has 3 rings (SSSR count). The molecule has 110 valence electrons. The van der Waals surface area contributed by atoms with Crippen molar-refractivity contribution in [2.75, 3.05) is 13.1 Å². The van der Waals surface area contributed by atoms with E-state index in [2.05, 4.69) is 13.8 Å². The van der Waals surface area contributed by atoms with Crippen LogP contribution in [0.1, 0.15) is 37.8 Å². The van der Waals surface area contributed by atoms with E-state index in [-0.39, 0.29) is 0 Å². The van der Waals surface area contributed by atoms with Gasteiger partial charge in [0.25, 0.3) is 0 Å². The minimum atomic E-state index is -3.32. The lowest BCUT2D eigenvalue weighted by atomic mass is 9.94. The predicted molar refractivity (Wildman–Crippen MR) is 80.2 cm³/mol. The minimum Gasteiger partial charge on any atom is -0.207 e. The molecule has 1 aliphatic carbocycles. The van der Waals surface area contributed by atoms with Gasteiger partial charge in [-0.05, 0) is 60.8 Å². The van der Waals surface area contributed by atoms with Crippen molar-refractivity contribution in [3.05, 3.63) is 29.3 Å². The van der Waals surface area contributed by atoms with Gasteiger partial charge in [0.1, 0.15) is 0 Å². The zero-order chi connectivity index (χ0) is 14.3. The van der Waals surface area contributed by atoms with Crippen molar-refractivity contribution < 1.29 is 8.42 Å². The maximum Gasteiger partial charge on any atom is 0.243 e. The number of sulfonamides is 1. The molecule has 4 heteroatoms. The maximum absolute atomic E-state index is 12.8. The van der Waals surface area contributed by atoms with Crippen LogP contribution in [0.4, 0.5) is 0 Å². The summed E-state index contributed by atoms with van der Waals surface area (Å²) < 4.78 is 27.3. The summed E-state index contributed by atoms with van der Waals surface area (Å²) in [5, 5.41) is 0. The zero-order valence-corrected chi connectivity index (χ0v) is 13.1. The van der Waals surface area contributed by atoms with Crippen molar-refractivity contribution in [3.8, 4) is 0 Å². The highest BCUT2D eigenvalue weighted by Crippen LogP contribution is 2.29. The Hall–Kier alpha value is -0.870. The van der Waals surface area contributed by atoms with Crippen LogP contribution in [0, 0.1) is 11.8 Å². The fraction of sp³-hybridized carbons (Fsp3) is 0.625. The molecule has 20 heavy (non-hydrogen) atoms. The van der Waals surface area contributed by atoms with Gasteiger partial charge in [0.2, 0.25) is 10.0 Å². The fourth-order valence-corrected chi connectivity index (χ4v) is 5.39. The van der Waals surface area contributed by atoms with Gasteiger partial charge in [-0.3, -0.25) is 0 Å². The second kappa shape index (κ2) is 5.15. The first-order valence-corrected chi connectivity index (χ1v) is 9.03. The van der Waals surface area contributed by atoms with E-state index in [4.69, 9.17) is 0 Å². The normalized spacial score (nSPS) is 27.5. The monoisotopic (exact) mass is 293 g/mol. The Balaban J connectivity index is 1.91. The van der Waals surface area contributed by atoms with Crippen LogP contribution in [-0.2, 0) is 22.9 Å². The van der Waals surface area contributed by atoms with Gasteiger partial charge in [0.15, 0.2) is 0 Å². The molecule has 1 fully saturated rings. The lowest BCUT2D eigenvalue weighted by Crippen LogP contribution is -2.42. The quantitative estimate of drug-likeness (QED) is 0.841. The molecule has 1 aromatic rings. The van der Waals surface area contributed by atoms with Crippen molar-refractivity contribution in [1.29, 1.82) is 0 Å². The van der Waals surface area contributed by atoms with E-state index in [1.165, 1.54) is 11.1 Å². The third-order valence-electron chi connectivity index (χ3n) is 4.54. The first-order chi connectivity index (χ1) is 9.46. The van der Waals surface area contributed by atoms with Crippen molar-refractivity contribution in [1.82, 2.24) is 4.31 Å². The summed E-state index contributed by atoms with van der Waals surface area (Å²) in [6.07, 6.45) is 4.38. The Bertz CT molecular complexity index is 599. The Morgan fingerprint density at radius 3 is 2.40 bits per heavy atom. The number of hydrogen-bond acceptors (Lipinski definition) is 2. The Kier molecular flexibility index (Phi) is 3.63. The van der Waals surface area contributed by atoms with Gasteiger partial charge < -0.3 is 0 Å². The zero-order valence-electron chi connectivity index (χ0n) is 12.3. The molecule has 0 spiro atoms. The highest BCUT2D eigenvalue weighted by Gasteiger charge is 2.32. The van der Waals surface area contributed by atoms with Gasteiger partial charge in [-0.2, -0.15) is 4.31 Å². The van der Waals surface area contributed by atoms with Crippen molar-refractivity contribution in [2.45, 2.75) is 44.4 Å². The highest BCUT2D eigenvalue weighted by atomic mass is 32.2. The van der Waals surface area contributed by atoms with E-state index in [1.807, 2.05) is 12.1 Å². The molecule has 1 saturated heterocycles. The Labute approximate surface area is 122 Å². The van der Waals surface area contributed by atoms with Gasteiger partial charge >= 0.3 is 0 Å². The lowest BCUT2D eigenvalue weighted by molar-refractivity contribution is 0.222. The molecule has 0 bridgehead atoms. The molecule has 0 unspecified atom stereocenters. The molecule has 0 amide bonds. The van der Waals surface area contributed by atoms with E-state index in [1.54, 1.807) is 10.4 Å². The average Bonchev–Trinajstić information content (AvgIpc) is 2.84. The summed E-state index contributed by atoms with van der Waals surface area (Å²) in [7, 11) is -3.32. The van der Waals surface area contributed by atoms with E-state index >= 15 is 0 Å². The number of nitrogens with zero attached hydrogens (tertiary/aromatic N) is 1. The first-order valence-electron chi connectivity index (χ1n) is 7.59. The largest absolute Gasteiger partial charge is 0.243 e. The standard InChI is InChI=1S/C16H23NO2S/c1-12-8-13(2)11-17(10-12)20(18,19)16-7-6-14-4-3-5-15(14)9-16/h6-7,9,12-13H,3-5,8,10-11H2,1-2H3/t12-,13-/m1/s1. The predicted octanol–water partition coefficient (Wildman–Crippen LogP) is 2.84.